The Balaban J connectivity index is 1.75. The van der Waals surface area contributed by atoms with E-state index in [1.165, 1.54) is 19.2 Å². The van der Waals surface area contributed by atoms with Gasteiger partial charge in [0.05, 0.1) is 30.9 Å². The number of aromatic nitrogens is 2. The topological polar surface area (TPSA) is 109 Å². The number of halogens is 1. The molecule has 2 heterocycles. The Bertz CT molecular complexity index is 1180. The van der Waals surface area contributed by atoms with Crippen LogP contribution in [0.2, 0.25) is 0 Å². The van der Waals surface area contributed by atoms with Gasteiger partial charge in [-0.1, -0.05) is 37.3 Å². The molecule has 1 saturated heterocycles. The molecule has 1 N–H and O–H groups in total. The molecule has 0 aliphatic carbocycles. The fourth-order valence-corrected chi connectivity index (χ4v) is 5.73. The first-order chi connectivity index (χ1) is 16.4. The summed E-state index contributed by atoms with van der Waals surface area (Å²) in [5, 5.41) is 0. The number of esters is 1. The average molecular weight is 529 g/mol. The van der Waals surface area contributed by atoms with Crippen LogP contribution in [0.4, 0.5) is 4.39 Å². The Morgan fingerprint density at radius 2 is 2.00 bits per heavy atom. The second-order valence-corrected chi connectivity index (χ2v) is 11.5. The molecule has 0 saturated carbocycles. The van der Waals surface area contributed by atoms with Crippen molar-refractivity contribution in [2.45, 2.75) is 58.2 Å². The van der Waals surface area contributed by atoms with Crippen molar-refractivity contribution in [3.05, 3.63) is 57.7 Å². The highest BCUT2D eigenvalue weighted by Gasteiger charge is 2.48. The third-order valence-electron chi connectivity index (χ3n) is 5.26. The number of hydrogen-bond donors (Lipinski definition) is 1. The first-order valence-electron chi connectivity index (χ1n) is 11.2. The summed E-state index contributed by atoms with van der Waals surface area (Å²) in [4.78, 5) is 27.0. The van der Waals surface area contributed by atoms with Crippen LogP contribution in [0.15, 0.2) is 47.4 Å². The Hall–Kier alpha value is -2.33. The molecule has 0 amide bonds. The van der Waals surface area contributed by atoms with Crippen molar-refractivity contribution in [1.82, 2.24) is 9.55 Å². The number of nitrogens with one attached hydrogen (secondary N) is 1. The van der Waals surface area contributed by atoms with E-state index in [-0.39, 0.29) is 29.9 Å². The molecule has 1 aliphatic heterocycles. The van der Waals surface area contributed by atoms with Gasteiger partial charge in [0.25, 0.3) is 0 Å². The number of hydrogen-bond acceptors (Lipinski definition) is 8. The van der Waals surface area contributed by atoms with E-state index in [4.69, 9.17) is 30.7 Å². The highest BCUT2D eigenvalue weighted by atomic mass is 32.1. The van der Waals surface area contributed by atoms with Crippen LogP contribution in [-0.2, 0) is 23.4 Å². The van der Waals surface area contributed by atoms with Crippen molar-refractivity contribution >= 4 is 25.8 Å². The summed E-state index contributed by atoms with van der Waals surface area (Å²) < 4.78 is 52.7. The standard InChI is InChI=1S/C23H30FN2O7PS/c1-15(2)31-20(27)16(3)14-34(29,33-17-8-6-5-7-9-17)30-13-18-12-23(4,24)21(32-18)26-11-10-19(35)25-22(26)28/h5-11,15-16,18,21H,12-14H2,1-4H3,(H,25,28,35)/t16-,18+,21-,23?,34?/m1/s1. The molecule has 12 heteroatoms. The Morgan fingerprint density at radius 3 is 2.63 bits per heavy atom. The van der Waals surface area contributed by atoms with Gasteiger partial charge < -0.3 is 14.0 Å². The minimum absolute atomic E-state index is 0.115. The largest absolute Gasteiger partial charge is 0.463 e. The quantitative estimate of drug-likeness (QED) is 0.266. The molecule has 3 rings (SSSR count). The van der Waals surface area contributed by atoms with Crippen LogP contribution < -0.4 is 10.2 Å². The molecule has 5 atom stereocenters. The number of carbonyl (C=O) groups excluding carboxylic acids is 1. The molecule has 1 fully saturated rings. The van der Waals surface area contributed by atoms with E-state index in [9.17, 15) is 14.2 Å². The second kappa shape index (κ2) is 11.2. The Kier molecular flexibility index (Phi) is 8.69. The summed E-state index contributed by atoms with van der Waals surface area (Å²) in [5.41, 5.74) is -2.52. The summed E-state index contributed by atoms with van der Waals surface area (Å²) in [6.45, 7) is 6.05. The van der Waals surface area contributed by atoms with E-state index in [0.717, 1.165) is 4.57 Å². The third kappa shape index (κ3) is 7.33. The first kappa shape index (κ1) is 27.3. The zero-order valence-corrected chi connectivity index (χ0v) is 21.7. The minimum Gasteiger partial charge on any atom is -0.463 e. The molecule has 0 bridgehead atoms. The van der Waals surface area contributed by atoms with Crippen molar-refractivity contribution in [3.8, 4) is 5.75 Å². The zero-order chi connectivity index (χ0) is 25.8. The molecule has 2 unspecified atom stereocenters. The summed E-state index contributed by atoms with van der Waals surface area (Å²) in [7, 11) is -3.89. The van der Waals surface area contributed by atoms with Crippen LogP contribution in [0, 0.1) is 10.6 Å². The van der Waals surface area contributed by atoms with Crippen LogP contribution >= 0.6 is 19.8 Å². The number of ether oxygens (including phenoxy) is 2. The predicted octanol–water partition coefficient (Wildman–Crippen LogP) is 4.80. The summed E-state index contributed by atoms with van der Waals surface area (Å²) >= 11 is 4.92. The lowest BCUT2D eigenvalue weighted by atomic mass is 10.0. The van der Waals surface area contributed by atoms with Gasteiger partial charge in [-0.2, -0.15) is 0 Å². The van der Waals surface area contributed by atoms with Crippen molar-refractivity contribution in [2.24, 2.45) is 5.92 Å². The maximum atomic E-state index is 15.4. The second-order valence-electron chi connectivity index (χ2n) is 8.99. The number of aromatic amines is 1. The van der Waals surface area contributed by atoms with Crippen molar-refractivity contribution in [2.75, 3.05) is 12.8 Å². The van der Waals surface area contributed by atoms with Gasteiger partial charge in [0.2, 0.25) is 0 Å². The molecule has 2 aromatic rings. The number of H-pyrrole nitrogens is 1. The van der Waals surface area contributed by atoms with E-state index in [0.29, 0.717) is 5.75 Å². The van der Waals surface area contributed by atoms with Crippen LogP contribution in [0.1, 0.15) is 40.3 Å². The molecular weight excluding hydrogens is 498 g/mol. The van der Waals surface area contributed by atoms with Gasteiger partial charge in [0, 0.05) is 12.6 Å². The molecule has 1 aromatic carbocycles. The summed E-state index contributed by atoms with van der Waals surface area (Å²) in [6.07, 6.45) is -1.39. The van der Waals surface area contributed by atoms with Crippen LogP contribution in [0.5, 0.6) is 5.75 Å². The third-order valence-corrected chi connectivity index (χ3v) is 7.53. The van der Waals surface area contributed by atoms with Crippen LogP contribution in [-0.4, -0.2) is 46.2 Å². The lowest BCUT2D eigenvalue weighted by Gasteiger charge is -2.24. The maximum absolute atomic E-state index is 15.4. The summed E-state index contributed by atoms with van der Waals surface area (Å²) in [5.74, 6) is -1.01. The lowest BCUT2D eigenvalue weighted by Crippen LogP contribution is -2.35. The van der Waals surface area contributed by atoms with Crippen molar-refractivity contribution in [1.29, 1.82) is 0 Å². The highest BCUT2D eigenvalue weighted by molar-refractivity contribution is 7.71. The van der Waals surface area contributed by atoms with Gasteiger partial charge in [-0.25, -0.2) is 13.8 Å². The maximum Gasteiger partial charge on any atom is 0.380 e. The van der Waals surface area contributed by atoms with Gasteiger partial charge in [-0.3, -0.25) is 18.9 Å². The number of rotatable bonds is 10. The van der Waals surface area contributed by atoms with Gasteiger partial charge in [-0.05, 0) is 39.0 Å². The molecular formula is C23H30FN2O7PS. The van der Waals surface area contributed by atoms with Gasteiger partial charge in [-0.15, -0.1) is 0 Å². The molecule has 0 radical (unpaired) electrons. The Morgan fingerprint density at radius 1 is 1.31 bits per heavy atom. The highest BCUT2D eigenvalue weighted by Crippen LogP contribution is 2.51. The lowest BCUT2D eigenvalue weighted by molar-refractivity contribution is -0.151. The summed E-state index contributed by atoms with van der Waals surface area (Å²) in [6, 6.07) is 9.86. The molecule has 35 heavy (non-hydrogen) atoms. The molecule has 1 aliphatic rings. The number of alkyl halides is 1. The number of carbonyl (C=O) groups is 1. The van der Waals surface area contributed by atoms with E-state index >= 15 is 4.39 Å². The zero-order valence-electron chi connectivity index (χ0n) is 20.0. The molecule has 0 spiro atoms. The Labute approximate surface area is 208 Å². The van der Waals surface area contributed by atoms with Gasteiger partial charge in [0.1, 0.15) is 10.4 Å². The number of benzene rings is 1. The smallest absolute Gasteiger partial charge is 0.380 e. The van der Waals surface area contributed by atoms with E-state index in [1.54, 1.807) is 51.1 Å². The average Bonchev–Trinajstić information content (AvgIpc) is 3.06. The minimum atomic E-state index is -3.89. The van der Waals surface area contributed by atoms with Gasteiger partial charge >= 0.3 is 19.3 Å². The van der Waals surface area contributed by atoms with Gasteiger partial charge in [0.15, 0.2) is 11.9 Å². The normalized spacial score (nSPS) is 24.6. The number of para-hydroxylation sites is 1. The van der Waals surface area contributed by atoms with Crippen LogP contribution in [0.25, 0.3) is 0 Å². The monoisotopic (exact) mass is 528 g/mol. The first-order valence-corrected chi connectivity index (χ1v) is 13.4. The fraction of sp³-hybridized carbons (Fsp3) is 0.522. The number of nitrogens with zero attached hydrogens (tertiary/aromatic N) is 1. The SMILES string of the molecule is CC(C)OC(=O)[C@H](C)CP(=O)(OC[C@@H]1CC(C)(F)[C@H](n2ccc(=S)[nH]c2=O)O1)Oc1ccccc1. The molecule has 1 aromatic heterocycles. The van der Waals surface area contributed by atoms with Crippen molar-refractivity contribution in [3.63, 3.8) is 0 Å². The van der Waals surface area contributed by atoms with E-state index in [2.05, 4.69) is 4.98 Å². The molecule has 192 valence electrons. The molecule has 9 nitrogen and oxygen atoms in total. The van der Waals surface area contributed by atoms with E-state index < -0.39 is 43.2 Å². The predicted molar refractivity (Wildman–Crippen MR) is 130 cm³/mol. The fourth-order valence-electron chi connectivity index (χ4n) is 3.70. The van der Waals surface area contributed by atoms with E-state index in [1.807, 2.05) is 0 Å². The van der Waals surface area contributed by atoms with Crippen LogP contribution in [0.3, 0.4) is 0 Å². The van der Waals surface area contributed by atoms with Crippen molar-refractivity contribution < 1.29 is 32.3 Å².